The maximum atomic E-state index is 13.3. The van der Waals surface area contributed by atoms with Gasteiger partial charge in [0.2, 0.25) is 0 Å². The Morgan fingerprint density at radius 3 is 2.48 bits per heavy atom. The number of hydrogen-bond donors (Lipinski definition) is 1. The average molecular weight is 347 g/mol. The van der Waals surface area contributed by atoms with E-state index in [-0.39, 0.29) is 23.8 Å². The van der Waals surface area contributed by atoms with E-state index in [9.17, 15) is 26.8 Å². The van der Waals surface area contributed by atoms with Crippen LogP contribution in [0, 0.1) is 17.6 Å². The van der Waals surface area contributed by atoms with Crippen molar-refractivity contribution in [2.24, 2.45) is 5.92 Å². The van der Waals surface area contributed by atoms with Crippen molar-refractivity contribution in [3.63, 3.8) is 0 Å². The third-order valence-corrected chi connectivity index (χ3v) is 5.21. The monoisotopic (exact) mass is 347 g/mol. The number of sulfone groups is 1. The number of rotatable bonds is 5. The smallest absolute Gasteiger partial charge is 0.306 e. The Kier molecular flexibility index (Phi) is 5.30. The molecule has 0 aliphatic carbocycles. The number of halogens is 2. The number of hydrogen-bond acceptors (Lipinski definition) is 5. The van der Waals surface area contributed by atoms with Crippen LogP contribution in [0.1, 0.15) is 12.8 Å². The fourth-order valence-electron chi connectivity index (χ4n) is 2.27. The first-order valence-corrected chi connectivity index (χ1v) is 8.69. The summed E-state index contributed by atoms with van der Waals surface area (Å²) in [4.78, 5) is 23.1. The van der Waals surface area contributed by atoms with Crippen LogP contribution in [0.5, 0.6) is 0 Å². The Bertz CT molecular complexity index is 700. The molecule has 0 bridgehead atoms. The highest BCUT2D eigenvalue weighted by Crippen LogP contribution is 2.22. The van der Waals surface area contributed by atoms with Gasteiger partial charge in [-0.15, -0.1) is 0 Å². The van der Waals surface area contributed by atoms with Crippen molar-refractivity contribution in [2.45, 2.75) is 12.8 Å². The van der Waals surface area contributed by atoms with E-state index in [1.165, 1.54) is 0 Å². The van der Waals surface area contributed by atoms with E-state index in [1.54, 1.807) is 0 Å². The molecule has 1 amide bonds. The molecule has 23 heavy (non-hydrogen) atoms. The van der Waals surface area contributed by atoms with Gasteiger partial charge in [-0.05, 0) is 24.5 Å². The number of benzene rings is 1. The van der Waals surface area contributed by atoms with Crippen molar-refractivity contribution in [3.8, 4) is 0 Å². The first-order valence-electron chi connectivity index (χ1n) is 6.87. The summed E-state index contributed by atoms with van der Waals surface area (Å²) in [6.45, 7) is -0.702. The maximum Gasteiger partial charge on any atom is 0.306 e. The van der Waals surface area contributed by atoms with Crippen molar-refractivity contribution in [1.82, 2.24) is 0 Å². The van der Waals surface area contributed by atoms with Crippen molar-refractivity contribution < 1.29 is 31.5 Å². The second kappa shape index (κ2) is 7.03. The molecule has 6 nitrogen and oxygen atoms in total. The van der Waals surface area contributed by atoms with Crippen LogP contribution in [0.3, 0.4) is 0 Å². The van der Waals surface area contributed by atoms with Crippen molar-refractivity contribution >= 4 is 27.4 Å². The Labute approximate surface area is 131 Å². The van der Waals surface area contributed by atoms with E-state index in [4.69, 9.17) is 4.74 Å². The molecule has 1 atom stereocenters. The Hall–Kier alpha value is -2.03. The molecule has 0 unspecified atom stereocenters. The Morgan fingerprint density at radius 1 is 1.26 bits per heavy atom. The summed E-state index contributed by atoms with van der Waals surface area (Å²) >= 11 is 0. The average Bonchev–Trinajstić information content (AvgIpc) is 2.80. The summed E-state index contributed by atoms with van der Waals surface area (Å²) in [7, 11) is -3.09. The number of amides is 1. The van der Waals surface area contributed by atoms with Crippen LogP contribution in [0.2, 0.25) is 0 Å². The van der Waals surface area contributed by atoms with Gasteiger partial charge in [0.25, 0.3) is 5.91 Å². The third kappa shape index (κ3) is 4.98. The van der Waals surface area contributed by atoms with Gasteiger partial charge in [0.15, 0.2) is 16.4 Å². The lowest BCUT2D eigenvalue weighted by Crippen LogP contribution is -2.23. The zero-order valence-electron chi connectivity index (χ0n) is 12.1. The van der Waals surface area contributed by atoms with Crippen molar-refractivity contribution in [2.75, 3.05) is 23.4 Å². The highest BCUT2D eigenvalue weighted by atomic mass is 32.2. The minimum atomic E-state index is -3.09. The third-order valence-electron chi connectivity index (χ3n) is 3.37. The fourth-order valence-corrected chi connectivity index (χ4v) is 4.13. The van der Waals surface area contributed by atoms with Crippen LogP contribution in [0.4, 0.5) is 14.5 Å². The summed E-state index contributed by atoms with van der Waals surface area (Å²) in [6, 6.07) is 3.10. The molecule has 0 saturated carbocycles. The van der Waals surface area contributed by atoms with E-state index in [0.29, 0.717) is 6.42 Å². The van der Waals surface area contributed by atoms with E-state index >= 15 is 0 Å². The summed E-state index contributed by atoms with van der Waals surface area (Å²) < 4.78 is 53.9. The van der Waals surface area contributed by atoms with Gasteiger partial charge in [0.05, 0.1) is 11.5 Å². The van der Waals surface area contributed by atoms with Gasteiger partial charge in [0, 0.05) is 6.42 Å². The van der Waals surface area contributed by atoms with Crippen LogP contribution in [-0.2, 0) is 24.2 Å². The molecular formula is C14H15F2NO5S. The SMILES string of the molecule is O=C(COC(=O)C[C@H]1CCS(=O)(=O)C1)Nc1c(F)cccc1F. The molecule has 1 aromatic rings. The summed E-state index contributed by atoms with van der Waals surface area (Å²) in [6.07, 6.45) is 0.268. The van der Waals surface area contributed by atoms with Gasteiger partial charge in [-0.3, -0.25) is 9.59 Å². The molecule has 1 aromatic carbocycles. The maximum absolute atomic E-state index is 13.3. The van der Waals surface area contributed by atoms with Crippen molar-refractivity contribution in [3.05, 3.63) is 29.8 Å². The number of carbonyl (C=O) groups excluding carboxylic acids is 2. The van der Waals surface area contributed by atoms with Gasteiger partial charge in [0.1, 0.15) is 17.3 Å². The molecule has 0 aromatic heterocycles. The molecule has 1 aliphatic heterocycles. The molecule has 126 valence electrons. The van der Waals surface area contributed by atoms with Crippen LogP contribution in [0.15, 0.2) is 18.2 Å². The highest BCUT2D eigenvalue weighted by molar-refractivity contribution is 7.91. The first-order chi connectivity index (χ1) is 10.8. The molecule has 1 saturated heterocycles. The lowest BCUT2D eigenvalue weighted by molar-refractivity contribution is -0.148. The van der Waals surface area contributed by atoms with Crippen molar-refractivity contribution in [1.29, 1.82) is 0 Å². The number of para-hydroxylation sites is 1. The normalized spacial score (nSPS) is 19.3. The number of carbonyl (C=O) groups is 2. The molecule has 0 spiro atoms. The lowest BCUT2D eigenvalue weighted by atomic mass is 10.1. The van der Waals surface area contributed by atoms with Gasteiger partial charge in [-0.2, -0.15) is 0 Å². The van der Waals surface area contributed by atoms with E-state index in [2.05, 4.69) is 0 Å². The Balaban J connectivity index is 1.79. The molecule has 1 N–H and O–H groups in total. The number of anilines is 1. The number of esters is 1. The lowest BCUT2D eigenvalue weighted by Gasteiger charge is -2.09. The molecule has 9 heteroatoms. The van der Waals surface area contributed by atoms with Gasteiger partial charge in [-0.1, -0.05) is 6.07 Å². The number of nitrogens with one attached hydrogen (secondary N) is 1. The second-order valence-electron chi connectivity index (χ2n) is 5.28. The zero-order chi connectivity index (χ0) is 17.0. The minimum Gasteiger partial charge on any atom is -0.456 e. The summed E-state index contributed by atoms with van der Waals surface area (Å²) in [5, 5.41) is 1.98. The molecule has 1 fully saturated rings. The second-order valence-corrected chi connectivity index (χ2v) is 7.51. The van der Waals surface area contributed by atoms with Crippen LogP contribution in [-0.4, -0.2) is 38.4 Å². The molecule has 1 heterocycles. The molecule has 2 rings (SSSR count). The van der Waals surface area contributed by atoms with Gasteiger partial charge in [-0.25, -0.2) is 17.2 Å². The largest absolute Gasteiger partial charge is 0.456 e. The van der Waals surface area contributed by atoms with E-state index in [1.807, 2.05) is 5.32 Å². The Morgan fingerprint density at radius 2 is 1.91 bits per heavy atom. The topological polar surface area (TPSA) is 89.5 Å². The quantitative estimate of drug-likeness (QED) is 0.810. The zero-order valence-corrected chi connectivity index (χ0v) is 12.9. The van der Waals surface area contributed by atoms with Crippen LogP contribution in [0.25, 0.3) is 0 Å². The minimum absolute atomic E-state index is 0.0397. The van der Waals surface area contributed by atoms with Crippen LogP contribution < -0.4 is 5.32 Å². The van der Waals surface area contributed by atoms with E-state index in [0.717, 1.165) is 18.2 Å². The number of ether oxygens (including phenoxy) is 1. The predicted octanol–water partition coefficient (Wildman–Crippen LogP) is 1.27. The predicted molar refractivity (Wildman–Crippen MR) is 77.3 cm³/mol. The fraction of sp³-hybridized carbons (Fsp3) is 0.429. The van der Waals surface area contributed by atoms with E-state index < -0.39 is 45.6 Å². The first kappa shape index (κ1) is 17.3. The molecule has 0 radical (unpaired) electrons. The van der Waals surface area contributed by atoms with Gasteiger partial charge < -0.3 is 10.1 Å². The van der Waals surface area contributed by atoms with Crippen LogP contribution >= 0.6 is 0 Å². The molecular weight excluding hydrogens is 332 g/mol. The highest BCUT2D eigenvalue weighted by Gasteiger charge is 2.30. The standard InChI is InChI=1S/C14H15F2NO5S/c15-10-2-1-3-11(16)14(10)17-12(18)7-22-13(19)6-9-4-5-23(20,21)8-9/h1-3,9H,4-8H2,(H,17,18)/t9-/m1/s1. The summed E-state index contributed by atoms with van der Waals surface area (Å²) in [5.74, 6) is -3.86. The summed E-state index contributed by atoms with van der Waals surface area (Å²) in [5.41, 5.74) is -0.615. The molecule has 1 aliphatic rings. The van der Waals surface area contributed by atoms with Gasteiger partial charge >= 0.3 is 5.97 Å².